The smallest absolute Gasteiger partial charge is 0.228 e. The Hall–Kier alpha value is -0.900. The van der Waals surface area contributed by atoms with E-state index in [0.29, 0.717) is 13.0 Å². The summed E-state index contributed by atoms with van der Waals surface area (Å²) in [4.78, 5) is 4.61. The Balaban J connectivity index is 2.28. The maximum absolute atomic E-state index is 9.06. The van der Waals surface area contributed by atoms with Crippen LogP contribution in [0.2, 0.25) is 0 Å². The molecule has 1 aliphatic rings. The quantitative estimate of drug-likeness (QED) is 0.610. The number of fused-ring (bicyclic) bond motifs is 1. The third kappa shape index (κ3) is 1.78. The molecule has 3 nitrogen and oxygen atoms in total. The zero-order chi connectivity index (χ0) is 10.7. The first-order chi connectivity index (χ1) is 7.32. The molecule has 1 unspecified atom stereocenters. The molecule has 1 aromatic rings. The Kier molecular flexibility index (Phi) is 3.05. The van der Waals surface area contributed by atoms with Crippen LogP contribution in [-0.2, 0) is 22.0 Å². The van der Waals surface area contributed by atoms with Gasteiger partial charge in [-0.1, -0.05) is 37.6 Å². The molecule has 82 valence electrons. The molecule has 1 N–H and O–H groups in total. The lowest BCUT2D eigenvalue weighted by Crippen LogP contribution is -2.27. The lowest BCUT2D eigenvalue weighted by Gasteiger charge is -2.25. The fourth-order valence-corrected chi connectivity index (χ4v) is 2.03. The highest BCUT2D eigenvalue weighted by molar-refractivity contribution is 5.33. The van der Waals surface area contributed by atoms with E-state index in [1.807, 2.05) is 24.3 Å². The minimum Gasteiger partial charge on any atom is -0.339 e. The number of hydrogen-bond acceptors (Lipinski definition) is 3. The summed E-state index contributed by atoms with van der Waals surface area (Å²) in [6, 6.07) is 7.86. The molecule has 1 atom stereocenters. The molecule has 0 aromatic heterocycles. The van der Waals surface area contributed by atoms with Crippen molar-refractivity contribution in [3.63, 3.8) is 0 Å². The molecule has 0 spiro atoms. The Labute approximate surface area is 89.6 Å². The van der Waals surface area contributed by atoms with Crippen LogP contribution in [0, 0.1) is 0 Å². The SMILES string of the molecule is CCCCC1(OO)OCc2ccccc21. The van der Waals surface area contributed by atoms with Gasteiger partial charge in [-0.15, -0.1) is 0 Å². The van der Waals surface area contributed by atoms with Gasteiger partial charge in [0.15, 0.2) is 0 Å². The average Bonchev–Trinajstić information content (AvgIpc) is 2.66. The van der Waals surface area contributed by atoms with E-state index in [-0.39, 0.29) is 0 Å². The van der Waals surface area contributed by atoms with Gasteiger partial charge < -0.3 is 4.74 Å². The van der Waals surface area contributed by atoms with Crippen LogP contribution < -0.4 is 0 Å². The lowest BCUT2D eigenvalue weighted by molar-refractivity contribution is -0.411. The molecular weight excluding hydrogens is 192 g/mol. The standard InChI is InChI=1S/C12H16O3/c1-2-3-8-12(15-13)11-7-5-4-6-10(11)9-14-12/h4-7,13H,2-3,8-9H2,1H3. The van der Waals surface area contributed by atoms with Gasteiger partial charge in [0.1, 0.15) is 0 Å². The van der Waals surface area contributed by atoms with Gasteiger partial charge in [0.2, 0.25) is 5.79 Å². The second-order valence-corrected chi connectivity index (χ2v) is 3.89. The molecule has 0 saturated heterocycles. The maximum Gasteiger partial charge on any atom is 0.228 e. The van der Waals surface area contributed by atoms with E-state index in [0.717, 1.165) is 24.0 Å². The van der Waals surface area contributed by atoms with Gasteiger partial charge >= 0.3 is 0 Å². The summed E-state index contributed by atoms with van der Waals surface area (Å²) in [5, 5.41) is 9.06. The second-order valence-electron chi connectivity index (χ2n) is 3.89. The average molecular weight is 208 g/mol. The van der Waals surface area contributed by atoms with Crippen molar-refractivity contribution in [3.05, 3.63) is 35.4 Å². The van der Waals surface area contributed by atoms with Gasteiger partial charge in [-0.25, -0.2) is 5.26 Å². The maximum atomic E-state index is 9.06. The molecule has 0 bridgehead atoms. The van der Waals surface area contributed by atoms with E-state index < -0.39 is 5.79 Å². The van der Waals surface area contributed by atoms with Gasteiger partial charge in [-0.2, -0.15) is 4.89 Å². The number of hydrogen-bond donors (Lipinski definition) is 1. The summed E-state index contributed by atoms with van der Waals surface area (Å²) >= 11 is 0. The lowest BCUT2D eigenvalue weighted by atomic mass is 9.98. The summed E-state index contributed by atoms with van der Waals surface area (Å²) in [6.45, 7) is 2.62. The summed E-state index contributed by atoms with van der Waals surface area (Å²) < 4.78 is 5.59. The van der Waals surface area contributed by atoms with E-state index in [1.165, 1.54) is 0 Å². The molecule has 1 heterocycles. The van der Waals surface area contributed by atoms with Crippen molar-refractivity contribution >= 4 is 0 Å². The normalized spacial score (nSPS) is 24.1. The Morgan fingerprint density at radius 3 is 3.00 bits per heavy atom. The van der Waals surface area contributed by atoms with Crippen LogP contribution in [0.15, 0.2) is 24.3 Å². The molecule has 0 amide bonds. The minimum absolute atomic E-state index is 0.514. The first kappa shape index (κ1) is 10.6. The van der Waals surface area contributed by atoms with Crippen molar-refractivity contribution in [2.45, 2.75) is 38.6 Å². The third-order valence-electron chi connectivity index (χ3n) is 2.90. The fraction of sp³-hybridized carbons (Fsp3) is 0.500. The Morgan fingerprint density at radius 2 is 2.27 bits per heavy atom. The zero-order valence-electron chi connectivity index (χ0n) is 8.90. The summed E-state index contributed by atoms with van der Waals surface area (Å²) in [5.74, 6) is -0.924. The highest BCUT2D eigenvalue weighted by atomic mass is 17.1. The molecular formula is C12H16O3. The third-order valence-corrected chi connectivity index (χ3v) is 2.90. The van der Waals surface area contributed by atoms with Crippen LogP contribution in [0.3, 0.4) is 0 Å². The summed E-state index contributed by atoms with van der Waals surface area (Å²) in [6.07, 6.45) is 2.71. The number of unbranched alkanes of at least 4 members (excludes halogenated alkanes) is 1. The summed E-state index contributed by atoms with van der Waals surface area (Å²) in [5.41, 5.74) is 2.06. The molecule has 1 aromatic carbocycles. The van der Waals surface area contributed by atoms with Gasteiger partial charge in [0.05, 0.1) is 6.61 Å². The first-order valence-electron chi connectivity index (χ1n) is 5.37. The van der Waals surface area contributed by atoms with Gasteiger partial charge in [0.25, 0.3) is 0 Å². The van der Waals surface area contributed by atoms with E-state index >= 15 is 0 Å². The van der Waals surface area contributed by atoms with E-state index in [9.17, 15) is 0 Å². The van der Waals surface area contributed by atoms with E-state index in [1.54, 1.807) is 0 Å². The largest absolute Gasteiger partial charge is 0.339 e. The predicted octanol–water partition coefficient (Wildman–Crippen LogP) is 3.05. The Morgan fingerprint density at radius 1 is 1.47 bits per heavy atom. The van der Waals surface area contributed by atoms with E-state index in [2.05, 4.69) is 11.8 Å². The Bertz CT molecular complexity index is 337. The van der Waals surface area contributed by atoms with Gasteiger partial charge in [0, 0.05) is 12.0 Å². The molecule has 0 radical (unpaired) electrons. The topological polar surface area (TPSA) is 38.7 Å². The van der Waals surface area contributed by atoms with Crippen LogP contribution in [0.25, 0.3) is 0 Å². The van der Waals surface area contributed by atoms with Crippen LogP contribution in [0.1, 0.15) is 37.3 Å². The highest BCUT2D eigenvalue weighted by Gasteiger charge is 2.41. The number of benzene rings is 1. The molecule has 3 heteroatoms. The van der Waals surface area contributed by atoms with Crippen molar-refractivity contribution in [1.29, 1.82) is 0 Å². The molecule has 1 aliphatic heterocycles. The number of ether oxygens (including phenoxy) is 1. The molecule has 0 fully saturated rings. The highest BCUT2D eigenvalue weighted by Crippen LogP contribution is 2.40. The van der Waals surface area contributed by atoms with Crippen LogP contribution in [0.5, 0.6) is 0 Å². The predicted molar refractivity (Wildman–Crippen MR) is 56.1 cm³/mol. The van der Waals surface area contributed by atoms with Crippen molar-refractivity contribution < 1.29 is 14.9 Å². The monoisotopic (exact) mass is 208 g/mol. The van der Waals surface area contributed by atoms with Crippen molar-refractivity contribution in [2.24, 2.45) is 0 Å². The fourth-order valence-electron chi connectivity index (χ4n) is 2.03. The number of rotatable bonds is 4. The van der Waals surface area contributed by atoms with Crippen molar-refractivity contribution in [3.8, 4) is 0 Å². The van der Waals surface area contributed by atoms with Crippen molar-refractivity contribution in [2.75, 3.05) is 0 Å². The molecule has 15 heavy (non-hydrogen) atoms. The van der Waals surface area contributed by atoms with Crippen LogP contribution in [-0.4, -0.2) is 5.26 Å². The van der Waals surface area contributed by atoms with Crippen LogP contribution in [0.4, 0.5) is 0 Å². The van der Waals surface area contributed by atoms with Crippen molar-refractivity contribution in [1.82, 2.24) is 0 Å². The first-order valence-corrected chi connectivity index (χ1v) is 5.37. The molecule has 0 aliphatic carbocycles. The zero-order valence-corrected chi connectivity index (χ0v) is 8.90. The van der Waals surface area contributed by atoms with Gasteiger partial charge in [-0.05, 0) is 12.0 Å². The molecule has 0 saturated carbocycles. The van der Waals surface area contributed by atoms with E-state index in [4.69, 9.17) is 9.99 Å². The summed E-state index contributed by atoms with van der Waals surface area (Å²) in [7, 11) is 0. The van der Waals surface area contributed by atoms with Gasteiger partial charge in [-0.3, -0.25) is 0 Å². The second kappa shape index (κ2) is 4.31. The van der Waals surface area contributed by atoms with Crippen LogP contribution >= 0.6 is 0 Å². The minimum atomic E-state index is -0.924. The molecule has 2 rings (SSSR count).